The van der Waals surface area contributed by atoms with E-state index in [0.717, 1.165) is 11.3 Å². The van der Waals surface area contributed by atoms with Crippen molar-refractivity contribution in [3.05, 3.63) is 29.8 Å². The average molecular weight is 302 g/mol. The van der Waals surface area contributed by atoms with Gasteiger partial charge in [0.05, 0.1) is 20.1 Å². The summed E-state index contributed by atoms with van der Waals surface area (Å²) in [6, 6.07) is 7.45. The Morgan fingerprint density at radius 2 is 2.14 bits per heavy atom. The topological polar surface area (TPSA) is 85.2 Å². The maximum absolute atomic E-state index is 12.5. The molecule has 22 heavy (non-hydrogen) atoms. The van der Waals surface area contributed by atoms with Gasteiger partial charge in [-0.05, 0) is 25.1 Å². The Morgan fingerprint density at radius 1 is 1.36 bits per heavy atom. The van der Waals surface area contributed by atoms with E-state index in [4.69, 9.17) is 4.74 Å². The number of aryl methyl sites for hydroxylation is 1. The Bertz CT molecular complexity index is 696. The minimum absolute atomic E-state index is 0.184. The first-order valence-electron chi connectivity index (χ1n) is 7.00. The van der Waals surface area contributed by atoms with Crippen LogP contribution in [0, 0.1) is 0 Å². The van der Waals surface area contributed by atoms with Crippen molar-refractivity contribution in [3.8, 4) is 5.75 Å². The molecule has 2 aromatic rings. The molecular weight excluding hydrogens is 284 g/mol. The van der Waals surface area contributed by atoms with Gasteiger partial charge in [-0.2, -0.15) is 4.80 Å². The highest BCUT2D eigenvalue weighted by Crippen LogP contribution is 2.29. The molecule has 0 saturated heterocycles. The zero-order valence-corrected chi connectivity index (χ0v) is 12.8. The van der Waals surface area contributed by atoms with Crippen molar-refractivity contribution in [1.82, 2.24) is 25.1 Å². The zero-order chi connectivity index (χ0) is 15.7. The van der Waals surface area contributed by atoms with Crippen molar-refractivity contribution in [2.45, 2.75) is 26.0 Å². The van der Waals surface area contributed by atoms with Gasteiger partial charge in [0.25, 0.3) is 5.95 Å². The van der Waals surface area contributed by atoms with Crippen molar-refractivity contribution >= 4 is 12.0 Å². The second kappa shape index (κ2) is 5.28. The molecule has 2 amide bonds. The molecule has 3 rings (SSSR count). The van der Waals surface area contributed by atoms with Crippen LogP contribution < -0.4 is 10.1 Å². The van der Waals surface area contributed by atoms with E-state index in [1.165, 1.54) is 4.80 Å². The number of hydrogen-bond acceptors (Lipinski definition) is 5. The Balaban J connectivity index is 1.82. The highest BCUT2D eigenvalue weighted by atomic mass is 16.5. The zero-order valence-electron chi connectivity index (χ0n) is 12.8. The molecule has 8 heteroatoms. The number of ether oxygens (including phenoxy) is 1. The minimum atomic E-state index is -0.486. The molecule has 0 fully saturated rings. The average Bonchev–Trinajstić information content (AvgIpc) is 2.78. The van der Waals surface area contributed by atoms with Crippen LogP contribution in [0.2, 0.25) is 0 Å². The number of carbonyl (C=O) groups is 1. The fraction of sp³-hybridized carbons (Fsp3) is 0.429. The lowest BCUT2D eigenvalue weighted by atomic mass is 10.1. The number of benzene rings is 1. The molecule has 0 unspecified atom stereocenters. The molecule has 0 aliphatic carbocycles. The van der Waals surface area contributed by atoms with Crippen molar-refractivity contribution in [1.29, 1.82) is 0 Å². The second-order valence-corrected chi connectivity index (χ2v) is 5.86. The Hall–Kier alpha value is -2.64. The summed E-state index contributed by atoms with van der Waals surface area (Å²) < 4.78 is 6.01. The van der Waals surface area contributed by atoms with Gasteiger partial charge in [-0.15, -0.1) is 5.10 Å². The van der Waals surface area contributed by atoms with E-state index >= 15 is 0 Å². The van der Waals surface area contributed by atoms with Crippen LogP contribution in [0.1, 0.15) is 19.4 Å². The van der Waals surface area contributed by atoms with Gasteiger partial charge in [0.15, 0.2) is 0 Å². The highest BCUT2D eigenvalue weighted by molar-refractivity contribution is 5.87. The molecule has 0 bridgehead atoms. The molecule has 1 aliphatic heterocycles. The van der Waals surface area contributed by atoms with Gasteiger partial charge < -0.3 is 9.64 Å². The molecule has 0 spiro atoms. The largest absolute Gasteiger partial charge is 0.486 e. The number of urea groups is 1. The first-order chi connectivity index (χ1) is 10.4. The summed E-state index contributed by atoms with van der Waals surface area (Å²) in [5.41, 5.74) is 0.482. The van der Waals surface area contributed by atoms with E-state index in [9.17, 15) is 4.79 Å². The van der Waals surface area contributed by atoms with E-state index < -0.39 is 5.60 Å². The molecule has 0 radical (unpaired) electrons. The number of hydrogen-bond donors (Lipinski definition) is 1. The highest BCUT2D eigenvalue weighted by Gasteiger charge is 2.31. The van der Waals surface area contributed by atoms with E-state index in [0.29, 0.717) is 13.1 Å². The maximum Gasteiger partial charge on any atom is 0.324 e. The summed E-state index contributed by atoms with van der Waals surface area (Å²) in [7, 11) is 1.64. The van der Waals surface area contributed by atoms with Crippen LogP contribution in [0.4, 0.5) is 10.7 Å². The molecule has 1 aromatic carbocycles. The normalized spacial score (nSPS) is 16.4. The van der Waals surface area contributed by atoms with Crippen molar-refractivity contribution < 1.29 is 9.53 Å². The lowest BCUT2D eigenvalue weighted by Crippen LogP contribution is -2.45. The third kappa shape index (κ3) is 3.00. The lowest BCUT2D eigenvalue weighted by molar-refractivity contribution is 0.0834. The monoisotopic (exact) mass is 302 g/mol. The summed E-state index contributed by atoms with van der Waals surface area (Å²) in [5.74, 6) is 0.990. The van der Waals surface area contributed by atoms with Gasteiger partial charge in [-0.3, -0.25) is 5.32 Å². The number of rotatable bonds is 1. The molecule has 0 atom stereocenters. The van der Waals surface area contributed by atoms with Crippen LogP contribution in [0.25, 0.3) is 0 Å². The quantitative estimate of drug-likeness (QED) is 0.861. The Labute approximate surface area is 128 Å². The van der Waals surface area contributed by atoms with Crippen LogP contribution in [-0.4, -0.2) is 43.3 Å². The van der Waals surface area contributed by atoms with Crippen LogP contribution in [-0.2, 0) is 13.6 Å². The third-order valence-corrected chi connectivity index (χ3v) is 3.31. The number of aromatic nitrogens is 4. The third-order valence-electron chi connectivity index (χ3n) is 3.31. The number of nitrogens with one attached hydrogen (secondary N) is 1. The summed E-state index contributed by atoms with van der Waals surface area (Å²) in [6.45, 7) is 4.82. The van der Waals surface area contributed by atoms with Gasteiger partial charge >= 0.3 is 6.03 Å². The number of amides is 2. The first-order valence-corrected chi connectivity index (χ1v) is 7.00. The predicted molar refractivity (Wildman–Crippen MR) is 79.4 cm³/mol. The minimum Gasteiger partial charge on any atom is -0.486 e. The van der Waals surface area contributed by atoms with E-state index in [-0.39, 0.29) is 12.0 Å². The molecule has 8 nitrogen and oxygen atoms in total. The van der Waals surface area contributed by atoms with E-state index in [1.807, 2.05) is 38.1 Å². The number of para-hydroxylation sites is 1. The Morgan fingerprint density at radius 3 is 2.86 bits per heavy atom. The van der Waals surface area contributed by atoms with Crippen molar-refractivity contribution in [2.24, 2.45) is 7.05 Å². The number of tetrazole rings is 1. The number of carbonyl (C=O) groups excluding carboxylic acids is 1. The predicted octanol–water partition coefficient (Wildman–Crippen LogP) is 1.42. The molecule has 1 aliphatic rings. The molecule has 0 saturated carbocycles. The molecule has 1 N–H and O–H groups in total. The smallest absolute Gasteiger partial charge is 0.324 e. The first kappa shape index (κ1) is 14.3. The SMILES string of the molecule is Cn1nnc(NC(=O)N2Cc3ccccc3OC(C)(C)C2)n1. The van der Waals surface area contributed by atoms with E-state index in [1.54, 1.807) is 11.9 Å². The summed E-state index contributed by atoms with van der Waals surface area (Å²) in [5, 5.41) is 14.1. The van der Waals surface area contributed by atoms with Crippen molar-refractivity contribution in [3.63, 3.8) is 0 Å². The van der Waals surface area contributed by atoms with Gasteiger partial charge in [0.1, 0.15) is 11.4 Å². The maximum atomic E-state index is 12.5. The summed E-state index contributed by atoms with van der Waals surface area (Å²) in [4.78, 5) is 15.4. The van der Waals surface area contributed by atoms with Gasteiger partial charge in [-0.25, -0.2) is 4.79 Å². The number of fused-ring (bicyclic) bond motifs is 1. The molecule has 1 aromatic heterocycles. The van der Waals surface area contributed by atoms with Crippen LogP contribution in [0.3, 0.4) is 0 Å². The lowest BCUT2D eigenvalue weighted by Gasteiger charge is -2.29. The summed E-state index contributed by atoms with van der Waals surface area (Å²) >= 11 is 0. The standard InChI is InChI=1S/C14H18N6O2/c1-14(2)9-20(8-10-6-4-5-7-11(10)22-14)13(21)15-12-16-18-19(3)17-12/h4-7H,8-9H2,1-3H3,(H,15,17,21). The fourth-order valence-electron chi connectivity index (χ4n) is 2.44. The molecule has 2 heterocycles. The second-order valence-electron chi connectivity index (χ2n) is 5.86. The number of anilines is 1. The van der Waals surface area contributed by atoms with Crippen LogP contribution >= 0.6 is 0 Å². The molecular formula is C14H18N6O2. The van der Waals surface area contributed by atoms with Gasteiger partial charge in [0.2, 0.25) is 0 Å². The van der Waals surface area contributed by atoms with Crippen LogP contribution in [0.5, 0.6) is 5.75 Å². The van der Waals surface area contributed by atoms with E-state index in [2.05, 4.69) is 20.7 Å². The van der Waals surface area contributed by atoms with Gasteiger partial charge in [0, 0.05) is 5.56 Å². The van der Waals surface area contributed by atoms with Gasteiger partial charge in [-0.1, -0.05) is 23.3 Å². The van der Waals surface area contributed by atoms with Crippen molar-refractivity contribution in [2.75, 3.05) is 11.9 Å². The number of nitrogens with zero attached hydrogens (tertiary/aromatic N) is 5. The molecule has 116 valence electrons. The van der Waals surface area contributed by atoms with Crippen LogP contribution in [0.15, 0.2) is 24.3 Å². The Kier molecular flexibility index (Phi) is 3.44. The summed E-state index contributed by atoms with van der Waals surface area (Å²) in [6.07, 6.45) is 0. The fourth-order valence-corrected chi connectivity index (χ4v) is 2.44.